The SMILES string of the molecule is CCNC(CC1CCC1)c1ccc2c(c1)CCCO2. The minimum atomic E-state index is 0.530. The highest BCUT2D eigenvalue weighted by atomic mass is 16.5. The summed E-state index contributed by atoms with van der Waals surface area (Å²) in [5, 5.41) is 3.66. The Bertz CT molecular complexity index is 425. The van der Waals surface area contributed by atoms with Crippen LogP contribution in [0.5, 0.6) is 5.75 Å². The minimum absolute atomic E-state index is 0.530. The topological polar surface area (TPSA) is 21.3 Å². The van der Waals surface area contributed by atoms with Gasteiger partial charge in [0.15, 0.2) is 0 Å². The third kappa shape index (κ3) is 2.94. The van der Waals surface area contributed by atoms with Gasteiger partial charge >= 0.3 is 0 Å². The minimum Gasteiger partial charge on any atom is -0.493 e. The summed E-state index contributed by atoms with van der Waals surface area (Å²) in [7, 11) is 0. The summed E-state index contributed by atoms with van der Waals surface area (Å²) >= 11 is 0. The van der Waals surface area contributed by atoms with Crippen molar-refractivity contribution in [2.75, 3.05) is 13.2 Å². The summed E-state index contributed by atoms with van der Waals surface area (Å²) < 4.78 is 5.71. The molecule has 1 aromatic rings. The van der Waals surface area contributed by atoms with Crippen LogP contribution in [0.2, 0.25) is 0 Å². The Kier molecular flexibility index (Phi) is 4.07. The zero-order valence-corrected chi connectivity index (χ0v) is 12.0. The van der Waals surface area contributed by atoms with Gasteiger partial charge in [-0.1, -0.05) is 38.3 Å². The van der Waals surface area contributed by atoms with Gasteiger partial charge in [-0.05, 0) is 48.9 Å². The van der Waals surface area contributed by atoms with E-state index in [4.69, 9.17) is 4.74 Å². The second-order valence-corrected chi connectivity index (χ2v) is 5.96. The summed E-state index contributed by atoms with van der Waals surface area (Å²) in [6.07, 6.45) is 7.91. The van der Waals surface area contributed by atoms with E-state index in [9.17, 15) is 0 Å². The summed E-state index contributed by atoms with van der Waals surface area (Å²) in [6.45, 7) is 4.13. The first-order valence-electron chi connectivity index (χ1n) is 7.86. The number of rotatable bonds is 5. The van der Waals surface area contributed by atoms with Gasteiger partial charge in [-0.25, -0.2) is 0 Å². The monoisotopic (exact) mass is 259 g/mol. The maximum Gasteiger partial charge on any atom is 0.122 e. The molecular formula is C17H25NO. The van der Waals surface area contributed by atoms with Crippen LogP contribution in [0.25, 0.3) is 0 Å². The number of aryl methyl sites for hydroxylation is 1. The van der Waals surface area contributed by atoms with E-state index in [2.05, 4.69) is 30.4 Å². The van der Waals surface area contributed by atoms with Gasteiger partial charge in [-0.3, -0.25) is 0 Å². The summed E-state index contributed by atoms with van der Waals surface area (Å²) in [5.74, 6) is 2.05. The highest BCUT2D eigenvalue weighted by Crippen LogP contribution is 2.36. The molecule has 1 heterocycles. The predicted molar refractivity (Wildman–Crippen MR) is 78.6 cm³/mol. The van der Waals surface area contributed by atoms with Crippen LogP contribution in [0.15, 0.2) is 18.2 Å². The smallest absolute Gasteiger partial charge is 0.122 e. The lowest BCUT2D eigenvalue weighted by Crippen LogP contribution is -2.26. The molecule has 2 nitrogen and oxygen atoms in total. The molecule has 0 bridgehead atoms. The van der Waals surface area contributed by atoms with Crippen LogP contribution in [-0.4, -0.2) is 13.2 Å². The van der Waals surface area contributed by atoms with Gasteiger partial charge in [0, 0.05) is 6.04 Å². The highest BCUT2D eigenvalue weighted by molar-refractivity contribution is 5.39. The molecule has 1 saturated carbocycles. The molecule has 1 aromatic carbocycles. The fraction of sp³-hybridized carbons (Fsp3) is 0.647. The van der Waals surface area contributed by atoms with E-state index in [-0.39, 0.29) is 0 Å². The lowest BCUT2D eigenvalue weighted by atomic mass is 9.79. The lowest BCUT2D eigenvalue weighted by Gasteiger charge is -2.31. The van der Waals surface area contributed by atoms with Gasteiger partial charge in [-0.2, -0.15) is 0 Å². The molecule has 104 valence electrons. The highest BCUT2D eigenvalue weighted by Gasteiger charge is 2.23. The molecule has 0 amide bonds. The molecule has 1 aliphatic heterocycles. The first-order chi connectivity index (χ1) is 9.36. The molecule has 1 aliphatic carbocycles. The Balaban J connectivity index is 1.76. The molecule has 2 heteroatoms. The van der Waals surface area contributed by atoms with Crippen LogP contribution < -0.4 is 10.1 Å². The number of nitrogens with one attached hydrogen (secondary N) is 1. The van der Waals surface area contributed by atoms with Crippen molar-refractivity contribution in [3.05, 3.63) is 29.3 Å². The van der Waals surface area contributed by atoms with E-state index < -0.39 is 0 Å². The molecule has 1 unspecified atom stereocenters. The fourth-order valence-corrected chi connectivity index (χ4v) is 3.24. The van der Waals surface area contributed by atoms with Crippen molar-refractivity contribution in [2.24, 2.45) is 5.92 Å². The number of benzene rings is 1. The molecule has 0 radical (unpaired) electrons. The van der Waals surface area contributed by atoms with E-state index in [1.807, 2.05) is 0 Å². The molecule has 1 N–H and O–H groups in total. The number of hydrogen-bond acceptors (Lipinski definition) is 2. The molecule has 2 aliphatic rings. The van der Waals surface area contributed by atoms with E-state index in [0.29, 0.717) is 6.04 Å². The number of hydrogen-bond donors (Lipinski definition) is 1. The Hall–Kier alpha value is -1.02. The van der Waals surface area contributed by atoms with Crippen molar-refractivity contribution in [1.29, 1.82) is 0 Å². The molecule has 1 fully saturated rings. The third-order valence-corrected chi connectivity index (χ3v) is 4.58. The zero-order chi connectivity index (χ0) is 13.1. The van der Waals surface area contributed by atoms with E-state index in [1.165, 1.54) is 43.2 Å². The average Bonchev–Trinajstić information content (AvgIpc) is 2.41. The molecule has 1 atom stereocenters. The fourth-order valence-electron chi connectivity index (χ4n) is 3.24. The van der Waals surface area contributed by atoms with Crippen LogP contribution in [0.1, 0.15) is 56.2 Å². The van der Waals surface area contributed by atoms with Crippen molar-refractivity contribution in [2.45, 2.75) is 51.5 Å². The van der Waals surface area contributed by atoms with Crippen molar-refractivity contribution in [1.82, 2.24) is 5.32 Å². The second-order valence-electron chi connectivity index (χ2n) is 5.96. The largest absolute Gasteiger partial charge is 0.493 e. The van der Waals surface area contributed by atoms with Crippen LogP contribution in [-0.2, 0) is 6.42 Å². The predicted octanol–water partition coefficient (Wildman–Crippen LogP) is 3.85. The molecule has 19 heavy (non-hydrogen) atoms. The molecule has 0 saturated heterocycles. The first-order valence-corrected chi connectivity index (χ1v) is 7.86. The van der Waals surface area contributed by atoms with Gasteiger partial charge in [0.25, 0.3) is 0 Å². The van der Waals surface area contributed by atoms with E-state index in [0.717, 1.165) is 31.2 Å². The lowest BCUT2D eigenvalue weighted by molar-refractivity contribution is 0.261. The van der Waals surface area contributed by atoms with Crippen molar-refractivity contribution < 1.29 is 4.74 Å². The second kappa shape index (κ2) is 5.96. The Morgan fingerprint density at radius 3 is 2.95 bits per heavy atom. The quantitative estimate of drug-likeness (QED) is 0.867. The number of fused-ring (bicyclic) bond motifs is 1. The summed E-state index contributed by atoms with van der Waals surface area (Å²) in [6, 6.07) is 7.34. The third-order valence-electron chi connectivity index (χ3n) is 4.58. The van der Waals surface area contributed by atoms with Crippen molar-refractivity contribution >= 4 is 0 Å². The summed E-state index contributed by atoms with van der Waals surface area (Å²) in [5.41, 5.74) is 2.86. The van der Waals surface area contributed by atoms with Gasteiger partial charge in [-0.15, -0.1) is 0 Å². The number of ether oxygens (including phenoxy) is 1. The Morgan fingerprint density at radius 1 is 1.32 bits per heavy atom. The van der Waals surface area contributed by atoms with Gasteiger partial charge in [0.1, 0.15) is 5.75 Å². The molecule has 0 spiro atoms. The maximum atomic E-state index is 5.71. The van der Waals surface area contributed by atoms with Crippen LogP contribution in [0.4, 0.5) is 0 Å². The van der Waals surface area contributed by atoms with Crippen LogP contribution in [0, 0.1) is 5.92 Å². The maximum absolute atomic E-state index is 5.71. The Labute approximate surface area is 116 Å². The zero-order valence-electron chi connectivity index (χ0n) is 12.0. The standard InChI is InChI=1S/C17H25NO/c1-2-18-16(11-13-5-3-6-13)14-8-9-17-15(12-14)7-4-10-19-17/h8-9,12-13,16,18H,2-7,10-11H2,1H3. The first kappa shape index (κ1) is 13.0. The summed E-state index contributed by atoms with van der Waals surface area (Å²) in [4.78, 5) is 0. The van der Waals surface area contributed by atoms with E-state index >= 15 is 0 Å². The Morgan fingerprint density at radius 2 is 2.21 bits per heavy atom. The van der Waals surface area contributed by atoms with E-state index in [1.54, 1.807) is 0 Å². The molecule has 0 aromatic heterocycles. The van der Waals surface area contributed by atoms with Crippen molar-refractivity contribution in [3.63, 3.8) is 0 Å². The van der Waals surface area contributed by atoms with Gasteiger partial charge < -0.3 is 10.1 Å². The molecular weight excluding hydrogens is 234 g/mol. The average molecular weight is 259 g/mol. The molecule has 3 rings (SSSR count). The van der Waals surface area contributed by atoms with Crippen LogP contribution in [0.3, 0.4) is 0 Å². The van der Waals surface area contributed by atoms with Gasteiger partial charge in [0.2, 0.25) is 0 Å². The van der Waals surface area contributed by atoms with Crippen LogP contribution >= 0.6 is 0 Å². The normalized spacial score (nSPS) is 20.3. The van der Waals surface area contributed by atoms with Gasteiger partial charge in [0.05, 0.1) is 6.61 Å². The van der Waals surface area contributed by atoms with Crippen molar-refractivity contribution in [3.8, 4) is 5.75 Å².